The molecule has 0 atom stereocenters. The third-order valence-electron chi connectivity index (χ3n) is 2.44. The van der Waals surface area contributed by atoms with E-state index in [1.54, 1.807) is 0 Å². The summed E-state index contributed by atoms with van der Waals surface area (Å²) >= 11 is 1.26. The van der Waals surface area contributed by atoms with Gasteiger partial charge in [0.2, 0.25) is 0 Å². The minimum Gasteiger partial charge on any atom is -0.464 e. The number of carbonyl (C=O) groups is 2. The van der Waals surface area contributed by atoms with Gasteiger partial charge in [0.05, 0.1) is 7.11 Å². The molecule has 1 aromatic heterocycles. The number of anilines is 1. The summed E-state index contributed by atoms with van der Waals surface area (Å²) in [5, 5.41) is 0.733. The molecule has 0 aromatic carbocycles. The third kappa shape index (κ3) is 1.80. The van der Waals surface area contributed by atoms with Gasteiger partial charge in [0.1, 0.15) is 4.88 Å². The third-order valence-corrected chi connectivity index (χ3v) is 3.66. The van der Waals surface area contributed by atoms with E-state index in [0.717, 1.165) is 24.6 Å². The van der Waals surface area contributed by atoms with Gasteiger partial charge in [-0.05, 0) is 6.42 Å². The molecule has 2 heterocycles. The highest BCUT2D eigenvalue weighted by Crippen LogP contribution is 2.30. The van der Waals surface area contributed by atoms with E-state index in [1.165, 1.54) is 25.4 Å². The molecule has 1 saturated heterocycles. The first-order chi connectivity index (χ1) is 7.63. The van der Waals surface area contributed by atoms with Crippen molar-refractivity contribution >= 4 is 28.2 Å². The summed E-state index contributed by atoms with van der Waals surface area (Å²) in [6, 6.07) is 0. The van der Waals surface area contributed by atoms with Crippen molar-refractivity contribution < 1.29 is 14.3 Å². The molecule has 0 radical (unpaired) electrons. The van der Waals surface area contributed by atoms with Crippen molar-refractivity contribution in [3.05, 3.63) is 10.6 Å². The molecule has 86 valence electrons. The fourth-order valence-corrected chi connectivity index (χ4v) is 2.43. The Labute approximate surface area is 97.0 Å². The van der Waals surface area contributed by atoms with Gasteiger partial charge in [0.15, 0.2) is 16.6 Å². The zero-order valence-electron chi connectivity index (χ0n) is 9.15. The summed E-state index contributed by atoms with van der Waals surface area (Å²) in [6.45, 7) is 3.30. The number of ether oxygens (including phenoxy) is 1. The largest absolute Gasteiger partial charge is 0.464 e. The van der Waals surface area contributed by atoms with Crippen LogP contribution in [0, 0.1) is 0 Å². The van der Waals surface area contributed by atoms with E-state index in [4.69, 9.17) is 0 Å². The first kappa shape index (κ1) is 11.1. The van der Waals surface area contributed by atoms with Crippen molar-refractivity contribution in [3.63, 3.8) is 0 Å². The molecule has 0 aliphatic carbocycles. The molecule has 0 bridgehead atoms. The minimum absolute atomic E-state index is 0.141. The molecular weight excluding hydrogens is 228 g/mol. The number of hydrogen-bond donors (Lipinski definition) is 0. The highest BCUT2D eigenvalue weighted by atomic mass is 32.1. The smallest absolute Gasteiger partial charge is 0.358 e. The molecule has 0 unspecified atom stereocenters. The van der Waals surface area contributed by atoms with E-state index in [2.05, 4.69) is 9.72 Å². The number of thiazole rings is 1. The van der Waals surface area contributed by atoms with Crippen LogP contribution >= 0.6 is 11.3 Å². The van der Waals surface area contributed by atoms with E-state index in [1.807, 2.05) is 4.90 Å². The van der Waals surface area contributed by atoms with Crippen LogP contribution in [0.5, 0.6) is 0 Å². The Bertz CT molecular complexity index is 437. The predicted octanol–water partition coefficient (Wildman–Crippen LogP) is 1.34. The first-order valence-corrected chi connectivity index (χ1v) is 5.80. The van der Waals surface area contributed by atoms with E-state index in [0.29, 0.717) is 4.88 Å². The number of methoxy groups -OCH3 is 1. The number of aromatic nitrogens is 1. The van der Waals surface area contributed by atoms with Crippen LogP contribution in [0.15, 0.2) is 0 Å². The topological polar surface area (TPSA) is 59.5 Å². The highest BCUT2D eigenvalue weighted by molar-refractivity contribution is 7.17. The second-order valence-electron chi connectivity index (χ2n) is 3.56. The van der Waals surface area contributed by atoms with Crippen LogP contribution in [-0.4, -0.2) is 36.9 Å². The average molecular weight is 240 g/mol. The van der Waals surface area contributed by atoms with Crippen molar-refractivity contribution in [1.29, 1.82) is 0 Å². The Hall–Kier alpha value is -1.43. The van der Waals surface area contributed by atoms with Gasteiger partial charge >= 0.3 is 5.97 Å². The maximum atomic E-state index is 11.4. The van der Waals surface area contributed by atoms with E-state index in [-0.39, 0.29) is 11.5 Å². The van der Waals surface area contributed by atoms with Crippen LogP contribution in [-0.2, 0) is 4.74 Å². The molecule has 1 aromatic rings. The predicted molar refractivity (Wildman–Crippen MR) is 60.3 cm³/mol. The van der Waals surface area contributed by atoms with Crippen LogP contribution in [0.1, 0.15) is 33.5 Å². The van der Waals surface area contributed by atoms with Crippen molar-refractivity contribution in [3.8, 4) is 0 Å². The summed E-state index contributed by atoms with van der Waals surface area (Å²) < 4.78 is 4.61. The molecule has 0 amide bonds. The number of esters is 1. The normalized spacial score (nSPS) is 14.5. The van der Waals surface area contributed by atoms with Gasteiger partial charge in [0, 0.05) is 20.0 Å². The number of nitrogens with zero attached hydrogens (tertiary/aromatic N) is 2. The zero-order valence-corrected chi connectivity index (χ0v) is 9.97. The summed E-state index contributed by atoms with van der Waals surface area (Å²) in [5.74, 6) is -0.696. The Morgan fingerprint density at radius 3 is 2.56 bits per heavy atom. The lowest BCUT2D eigenvalue weighted by atomic mass is 10.2. The minimum atomic E-state index is -0.548. The standard InChI is InChI=1S/C10H12N2O3S/c1-6(13)8-7(9(14)15-2)11-10(16-8)12-4-3-5-12/h3-5H2,1-2H3. The van der Waals surface area contributed by atoms with Crippen molar-refractivity contribution in [2.45, 2.75) is 13.3 Å². The van der Waals surface area contributed by atoms with Gasteiger partial charge in [0.25, 0.3) is 0 Å². The van der Waals surface area contributed by atoms with Crippen molar-refractivity contribution in [2.75, 3.05) is 25.1 Å². The number of hydrogen-bond acceptors (Lipinski definition) is 6. The van der Waals surface area contributed by atoms with Gasteiger partial charge in [-0.1, -0.05) is 11.3 Å². The molecule has 16 heavy (non-hydrogen) atoms. The Balaban J connectivity index is 2.36. The van der Waals surface area contributed by atoms with Crippen LogP contribution in [0.25, 0.3) is 0 Å². The fourth-order valence-electron chi connectivity index (χ4n) is 1.43. The zero-order chi connectivity index (χ0) is 11.7. The van der Waals surface area contributed by atoms with Crippen molar-refractivity contribution in [2.24, 2.45) is 0 Å². The van der Waals surface area contributed by atoms with Gasteiger partial charge in [-0.15, -0.1) is 0 Å². The molecule has 1 fully saturated rings. The monoisotopic (exact) mass is 240 g/mol. The lowest BCUT2D eigenvalue weighted by molar-refractivity contribution is 0.0591. The Morgan fingerprint density at radius 2 is 2.12 bits per heavy atom. The molecule has 6 heteroatoms. The highest BCUT2D eigenvalue weighted by Gasteiger charge is 2.26. The van der Waals surface area contributed by atoms with E-state index < -0.39 is 5.97 Å². The lowest BCUT2D eigenvalue weighted by Crippen LogP contribution is -2.36. The van der Waals surface area contributed by atoms with Crippen molar-refractivity contribution in [1.82, 2.24) is 4.98 Å². The second kappa shape index (κ2) is 4.21. The first-order valence-electron chi connectivity index (χ1n) is 4.98. The van der Waals surface area contributed by atoms with Gasteiger partial charge in [-0.3, -0.25) is 4.79 Å². The Morgan fingerprint density at radius 1 is 1.44 bits per heavy atom. The lowest BCUT2D eigenvalue weighted by Gasteiger charge is -2.30. The number of Topliss-reactive ketones (excluding diaryl/α,β-unsaturated/α-hetero) is 1. The number of rotatable bonds is 3. The van der Waals surface area contributed by atoms with E-state index in [9.17, 15) is 9.59 Å². The molecule has 0 saturated carbocycles. The Kier molecular flexibility index (Phi) is 2.91. The average Bonchev–Trinajstić information content (AvgIpc) is 2.58. The van der Waals surface area contributed by atoms with Crippen LogP contribution in [0.4, 0.5) is 5.13 Å². The van der Waals surface area contributed by atoms with Gasteiger partial charge < -0.3 is 9.64 Å². The molecule has 5 nitrogen and oxygen atoms in total. The maximum Gasteiger partial charge on any atom is 0.358 e. The van der Waals surface area contributed by atoms with E-state index >= 15 is 0 Å². The quantitative estimate of drug-likeness (QED) is 0.589. The fraction of sp³-hybridized carbons (Fsp3) is 0.500. The van der Waals surface area contributed by atoms with Crippen LogP contribution in [0.2, 0.25) is 0 Å². The molecule has 2 rings (SSSR count). The van der Waals surface area contributed by atoms with Gasteiger partial charge in [-0.25, -0.2) is 9.78 Å². The molecular formula is C10H12N2O3S. The van der Waals surface area contributed by atoms with Crippen LogP contribution < -0.4 is 4.90 Å². The SMILES string of the molecule is COC(=O)c1nc(N2CCC2)sc1C(C)=O. The molecule has 1 aliphatic heterocycles. The summed E-state index contributed by atoms with van der Waals surface area (Å²) in [7, 11) is 1.29. The summed E-state index contributed by atoms with van der Waals surface area (Å²) in [4.78, 5) is 29.4. The molecule has 0 N–H and O–H groups in total. The molecule has 0 spiro atoms. The second-order valence-corrected chi connectivity index (χ2v) is 4.54. The number of ketones is 1. The number of carbonyl (C=O) groups excluding carboxylic acids is 2. The van der Waals surface area contributed by atoms with Gasteiger partial charge in [-0.2, -0.15) is 0 Å². The summed E-state index contributed by atoms with van der Waals surface area (Å²) in [6.07, 6.45) is 1.13. The summed E-state index contributed by atoms with van der Waals surface area (Å²) in [5.41, 5.74) is 0.141. The maximum absolute atomic E-state index is 11.4. The van der Waals surface area contributed by atoms with Crippen LogP contribution in [0.3, 0.4) is 0 Å². The molecule has 1 aliphatic rings.